The Morgan fingerprint density at radius 2 is 2.29 bits per heavy atom. The number of hydrogen-bond acceptors (Lipinski definition) is 6. The summed E-state index contributed by atoms with van der Waals surface area (Å²) in [5.41, 5.74) is 0.767. The summed E-state index contributed by atoms with van der Waals surface area (Å²) >= 11 is 1.48. The number of thiophene rings is 1. The van der Waals surface area contributed by atoms with Crippen LogP contribution < -0.4 is 5.32 Å². The second-order valence-electron chi connectivity index (χ2n) is 4.13. The molecule has 0 bridgehead atoms. The zero-order valence-electron chi connectivity index (χ0n) is 11.8. The van der Waals surface area contributed by atoms with Gasteiger partial charge < -0.3 is 10.1 Å². The molecule has 0 aromatic carbocycles. The van der Waals surface area contributed by atoms with E-state index in [0.29, 0.717) is 12.2 Å². The molecule has 2 rings (SSSR count). The van der Waals surface area contributed by atoms with Crippen molar-refractivity contribution >= 4 is 23.2 Å². The number of esters is 1. The van der Waals surface area contributed by atoms with Gasteiger partial charge in [0.1, 0.15) is 5.69 Å². The van der Waals surface area contributed by atoms with Crippen LogP contribution in [0.4, 0.5) is 0 Å². The lowest BCUT2D eigenvalue weighted by atomic mass is 10.2. The SMILES string of the molecule is CCOC(=O)c1nnn(CCC(=O)NC)c1-c1cccs1. The first kappa shape index (κ1) is 15.2. The fraction of sp³-hybridized carbons (Fsp3) is 0.385. The molecule has 8 heteroatoms. The maximum atomic E-state index is 12.0. The molecule has 0 radical (unpaired) electrons. The Bertz CT molecular complexity index is 621. The minimum absolute atomic E-state index is 0.0969. The first-order valence-corrected chi connectivity index (χ1v) is 7.40. The van der Waals surface area contributed by atoms with Gasteiger partial charge in [0.15, 0.2) is 5.69 Å². The summed E-state index contributed by atoms with van der Waals surface area (Å²) in [7, 11) is 1.58. The van der Waals surface area contributed by atoms with Gasteiger partial charge in [-0.3, -0.25) is 4.79 Å². The average Bonchev–Trinajstić information content (AvgIpc) is 3.13. The summed E-state index contributed by atoms with van der Waals surface area (Å²) in [6.45, 7) is 2.35. The van der Waals surface area contributed by atoms with Crippen LogP contribution in [-0.4, -0.2) is 40.5 Å². The first-order chi connectivity index (χ1) is 10.2. The van der Waals surface area contributed by atoms with Gasteiger partial charge >= 0.3 is 5.97 Å². The van der Waals surface area contributed by atoms with Crippen molar-refractivity contribution in [1.82, 2.24) is 20.3 Å². The van der Waals surface area contributed by atoms with Gasteiger partial charge in [-0.25, -0.2) is 9.48 Å². The Hall–Kier alpha value is -2.22. The minimum Gasteiger partial charge on any atom is -0.461 e. The molecule has 1 N–H and O–H groups in total. The monoisotopic (exact) mass is 308 g/mol. The quantitative estimate of drug-likeness (QED) is 0.813. The number of carbonyl (C=O) groups excluding carboxylic acids is 2. The first-order valence-electron chi connectivity index (χ1n) is 6.52. The number of rotatable bonds is 6. The smallest absolute Gasteiger partial charge is 0.361 e. The Balaban J connectivity index is 2.33. The maximum Gasteiger partial charge on any atom is 0.361 e. The van der Waals surface area contributed by atoms with Crippen molar-refractivity contribution in [1.29, 1.82) is 0 Å². The van der Waals surface area contributed by atoms with Crippen LogP contribution >= 0.6 is 11.3 Å². The highest BCUT2D eigenvalue weighted by Crippen LogP contribution is 2.27. The highest BCUT2D eigenvalue weighted by molar-refractivity contribution is 7.13. The van der Waals surface area contributed by atoms with E-state index < -0.39 is 5.97 Å². The number of aryl methyl sites for hydroxylation is 1. The minimum atomic E-state index is -0.507. The van der Waals surface area contributed by atoms with Crippen molar-refractivity contribution in [3.63, 3.8) is 0 Å². The van der Waals surface area contributed by atoms with E-state index in [4.69, 9.17) is 4.74 Å². The molecule has 2 heterocycles. The number of hydrogen-bond donors (Lipinski definition) is 1. The van der Waals surface area contributed by atoms with Crippen LogP contribution in [0.5, 0.6) is 0 Å². The Morgan fingerprint density at radius 1 is 1.48 bits per heavy atom. The van der Waals surface area contributed by atoms with Crippen LogP contribution in [0.25, 0.3) is 10.6 Å². The summed E-state index contributed by atoms with van der Waals surface area (Å²) in [5.74, 6) is -0.604. The Morgan fingerprint density at radius 3 is 2.90 bits per heavy atom. The number of nitrogens with one attached hydrogen (secondary N) is 1. The Kier molecular flexibility index (Phi) is 5.04. The van der Waals surface area contributed by atoms with Crippen LogP contribution in [0.1, 0.15) is 23.8 Å². The van der Waals surface area contributed by atoms with Crippen LogP contribution in [0.15, 0.2) is 17.5 Å². The van der Waals surface area contributed by atoms with Gasteiger partial charge in [-0.1, -0.05) is 11.3 Å². The van der Waals surface area contributed by atoms with E-state index in [0.717, 1.165) is 4.88 Å². The molecule has 2 aromatic heterocycles. The van der Waals surface area contributed by atoms with Crippen molar-refractivity contribution in [2.45, 2.75) is 19.9 Å². The van der Waals surface area contributed by atoms with E-state index in [9.17, 15) is 9.59 Å². The van der Waals surface area contributed by atoms with Crippen molar-refractivity contribution in [3.05, 3.63) is 23.2 Å². The van der Waals surface area contributed by atoms with Gasteiger partial charge in [0.05, 0.1) is 18.0 Å². The van der Waals surface area contributed by atoms with Crippen LogP contribution in [0, 0.1) is 0 Å². The third kappa shape index (κ3) is 3.46. The molecular formula is C13H16N4O3S. The van der Waals surface area contributed by atoms with Gasteiger partial charge in [0.25, 0.3) is 0 Å². The molecule has 0 spiro atoms. The lowest BCUT2D eigenvalue weighted by Crippen LogP contribution is -2.20. The topological polar surface area (TPSA) is 86.1 Å². The summed E-state index contributed by atoms with van der Waals surface area (Å²) in [4.78, 5) is 24.2. The molecule has 0 aliphatic rings. The van der Waals surface area contributed by atoms with Crippen LogP contribution in [0.2, 0.25) is 0 Å². The van der Waals surface area contributed by atoms with Crippen molar-refractivity contribution in [2.24, 2.45) is 0 Å². The molecule has 0 aliphatic heterocycles. The zero-order chi connectivity index (χ0) is 15.2. The molecule has 2 aromatic rings. The number of amides is 1. The molecule has 7 nitrogen and oxygen atoms in total. The largest absolute Gasteiger partial charge is 0.461 e. The molecule has 21 heavy (non-hydrogen) atoms. The standard InChI is InChI=1S/C13H16N4O3S/c1-3-20-13(19)11-12(9-5-4-8-21-9)17(16-15-11)7-6-10(18)14-2/h4-5,8H,3,6-7H2,1-2H3,(H,14,18). The number of aromatic nitrogens is 3. The molecule has 0 saturated carbocycles. The normalized spacial score (nSPS) is 10.4. The highest BCUT2D eigenvalue weighted by Gasteiger charge is 2.23. The van der Waals surface area contributed by atoms with Crippen molar-refractivity contribution in [2.75, 3.05) is 13.7 Å². The van der Waals surface area contributed by atoms with E-state index in [1.54, 1.807) is 18.7 Å². The summed E-state index contributed by atoms with van der Waals surface area (Å²) in [5, 5.41) is 12.3. The van der Waals surface area contributed by atoms with E-state index in [1.165, 1.54) is 11.3 Å². The lowest BCUT2D eigenvalue weighted by molar-refractivity contribution is -0.120. The molecular weight excluding hydrogens is 292 g/mol. The van der Waals surface area contributed by atoms with Crippen molar-refractivity contribution in [3.8, 4) is 10.6 Å². The van der Waals surface area contributed by atoms with E-state index >= 15 is 0 Å². The molecule has 0 aliphatic carbocycles. The summed E-state index contributed by atoms with van der Waals surface area (Å²) < 4.78 is 6.56. The highest BCUT2D eigenvalue weighted by atomic mass is 32.1. The van der Waals surface area contributed by atoms with E-state index in [2.05, 4.69) is 15.6 Å². The molecule has 112 valence electrons. The fourth-order valence-electron chi connectivity index (χ4n) is 1.80. The van der Waals surface area contributed by atoms with Gasteiger partial charge in [-0.05, 0) is 18.4 Å². The van der Waals surface area contributed by atoms with Gasteiger partial charge in [-0.15, -0.1) is 16.4 Å². The predicted molar refractivity (Wildman–Crippen MR) is 78.0 cm³/mol. The van der Waals surface area contributed by atoms with Crippen LogP contribution in [-0.2, 0) is 16.1 Å². The second-order valence-corrected chi connectivity index (χ2v) is 5.08. The summed E-state index contributed by atoms with van der Waals surface area (Å²) in [6, 6.07) is 3.76. The maximum absolute atomic E-state index is 12.0. The van der Waals surface area contributed by atoms with Crippen LogP contribution in [0.3, 0.4) is 0 Å². The third-order valence-electron chi connectivity index (χ3n) is 2.79. The van der Waals surface area contributed by atoms with E-state index in [-0.39, 0.29) is 24.6 Å². The van der Waals surface area contributed by atoms with Gasteiger partial charge in [-0.2, -0.15) is 0 Å². The molecule has 0 unspecified atom stereocenters. The second kappa shape index (κ2) is 6.98. The fourth-order valence-corrected chi connectivity index (χ4v) is 2.57. The number of nitrogens with zero attached hydrogens (tertiary/aromatic N) is 3. The molecule has 0 atom stereocenters. The number of carbonyl (C=O) groups is 2. The number of ether oxygens (including phenoxy) is 1. The van der Waals surface area contributed by atoms with Crippen molar-refractivity contribution < 1.29 is 14.3 Å². The molecule has 1 amide bonds. The zero-order valence-corrected chi connectivity index (χ0v) is 12.6. The average molecular weight is 308 g/mol. The van der Waals surface area contributed by atoms with Gasteiger partial charge in [0.2, 0.25) is 5.91 Å². The molecule has 0 fully saturated rings. The summed E-state index contributed by atoms with van der Waals surface area (Å²) in [6.07, 6.45) is 0.264. The predicted octanol–water partition coefficient (Wildman–Crippen LogP) is 1.32. The third-order valence-corrected chi connectivity index (χ3v) is 3.66. The lowest BCUT2D eigenvalue weighted by Gasteiger charge is -2.06. The Labute approximate surface area is 125 Å². The molecule has 0 saturated heterocycles. The van der Waals surface area contributed by atoms with E-state index in [1.807, 2.05) is 17.5 Å². The van der Waals surface area contributed by atoms with Gasteiger partial charge in [0, 0.05) is 13.5 Å².